The summed E-state index contributed by atoms with van der Waals surface area (Å²) >= 11 is 2.89. The molecule has 4 atom stereocenters. The third-order valence-electron chi connectivity index (χ3n) is 7.09. The molecule has 0 spiro atoms. The Labute approximate surface area is 203 Å². The molecule has 0 radical (unpaired) electrons. The summed E-state index contributed by atoms with van der Waals surface area (Å²) in [6.45, 7) is 9.61. The van der Waals surface area contributed by atoms with Gasteiger partial charge in [0.25, 0.3) is 5.56 Å². The van der Waals surface area contributed by atoms with Crippen molar-refractivity contribution < 1.29 is 9.59 Å². The molecule has 4 rings (SSSR count). The van der Waals surface area contributed by atoms with Crippen LogP contribution in [0.15, 0.2) is 16.9 Å². The summed E-state index contributed by atoms with van der Waals surface area (Å²) < 4.78 is 2.53. The van der Waals surface area contributed by atoms with E-state index >= 15 is 0 Å². The first kappa shape index (κ1) is 24.1. The van der Waals surface area contributed by atoms with E-state index in [-0.39, 0.29) is 29.8 Å². The average molecular weight is 487 g/mol. The van der Waals surface area contributed by atoms with Crippen molar-refractivity contribution in [3.8, 4) is 0 Å². The van der Waals surface area contributed by atoms with Crippen LogP contribution in [0.4, 0.5) is 0 Å². The number of carbonyl (C=O) groups is 2. The van der Waals surface area contributed by atoms with Gasteiger partial charge < -0.3 is 5.32 Å². The van der Waals surface area contributed by atoms with Crippen LogP contribution in [0.5, 0.6) is 0 Å². The topological polar surface area (TPSA) is 68.2 Å². The molecule has 7 heteroatoms. The first-order valence-corrected chi connectivity index (χ1v) is 13.5. The Morgan fingerprint density at radius 2 is 1.97 bits per heavy atom. The fourth-order valence-corrected chi connectivity index (χ4v) is 7.17. The molecule has 0 aliphatic heterocycles. The molecule has 2 aliphatic carbocycles. The van der Waals surface area contributed by atoms with Gasteiger partial charge in [0.1, 0.15) is 11.2 Å². The van der Waals surface area contributed by atoms with Crippen LogP contribution in [0.25, 0.3) is 12.2 Å². The average Bonchev–Trinajstić information content (AvgIpc) is 3.50. The predicted octanol–water partition coefficient (Wildman–Crippen LogP) is 3.45. The molecule has 4 unspecified atom stereocenters. The summed E-state index contributed by atoms with van der Waals surface area (Å²) in [5, 5.41) is 3.15. The molecule has 0 saturated heterocycles. The van der Waals surface area contributed by atoms with Crippen LogP contribution in [0, 0.1) is 30.1 Å². The van der Waals surface area contributed by atoms with Crippen molar-refractivity contribution in [3.63, 3.8) is 0 Å². The minimum absolute atomic E-state index is 0.0632. The number of rotatable bonds is 6. The van der Waals surface area contributed by atoms with Crippen molar-refractivity contribution in [3.05, 3.63) is 41.4 Å². The van der Waals surface area contributed by atoms with Crippen molar-refractivity contribution in [2.24, 2.45) is 23.2 Å². The highest BCUT2D eigenvalue weighted by Gasteiger charge is 2.42. The van der Waals surface area contributed by atoms with Gasteiger partial charge in [0.05, 0.1) is 4.53 Å². The van der Waals surface area contributed by atoms with Crippen molar-refractivity contribution >= 4 is 46.5 Å². The quantitative estimate of drug-likeness (QED) is 0.680. The Kier molecular flexibility index (Phi) is 6.83. The number of thiazole rings is 1. The minimum Gasteiger partial charge on any atom is -0.352 e. The molecule has 1 amide bonds. The number of thiophene rings is 1. The van der Waals surface area contributed by atoms with Gasteiger partial charge in [-0.3, -0.25) is 19.0 Å². The summed E-state index contributed by atoms with van der Waals surface area (Å²) in [6, 6.07) is 4.10. The van der Waals surface area contributed by atoms with Crippen LogP contribution in [-0.2, 0) is 16.1 Å². The van der Waals surface area contributed by atoms with E-state index in [0.29, 0.717) is 15.1 Å². The van der Waals surface area contributed by atoms with Gasteiger partial charge in [-0.2, -0.15) is 0 Å². The first-order valence-electron chi connectivity index (χ1n) is 11.8. The zero-order valence-electron chi connectivity index (χ0n) is 20.1. The molecular weight excluding hydrogens is 452 g/mol. The number of aryl methyl sites for hydroxylation is 1. The maximum atomic E-state index is 13.2. The number of nitrogens with one attached hydrogen (secondary N) is 1. The molecule has 33 heavy (non-hydrogen) atoms. The molecule has 2 aliphatic rings. The number of hydrogen-bond donors (Lipinski definition) is 1. The normalized spacial score (nSPS) is 24.5. The predicted molar refractivity (Wildman–Crippen MR) is 136 cm³/mol. The highest BCUT2D eigenvalue weighted by atomic mass is 32.1. The van der Waals surface area contributed by atoms with Gasteiger partial charge in [0, 0.05) is 27.3 Å². The Morgan fingerprint density at radius 1 is 1.21 bits per heavy atom. The SMILES string of the molecule is Cc1ccc(/C=c2\s/c(=C\C(=O)C(C)(C)C)n(CC(=O)NC(C)C3CC4CCC3C4)c2=O)s1. The Balaban J connectivity index is 1.62. The molecule has 2 heterocycles. The molecule has 1 N–H and O–H groups in total. The summed E-state index contributed by atoms with van der Waals surface area (Å²) in [6.07, 6.45) is 8.48. The minimum atomic E-state index is -0.557. The lowest BCUT2D eigenvalue weighted by atomic mass is 9.84. The number of nitrogens with zero attached hydrogens (tertiary/aromatic N) is 1. The lowest BCUT2D eigenvalue weighted by Crippen LogP contribution is -2.44. The van der Waals surface area contributed by atoms with E-state index in [1.807, 2.05) is 45.9 Å². The fourth-order valence-electron chi connectivity index (χ4n) is 5.24. The van der Waals surface area contributed by atoms with Gasteiger partial charge in [-0.25, -0.2) is 0 Å². The maximum Gasteiger partial charge on any atom is 0.269 e. The van der Waals surface area contributed by atoms with Crippen molar-refractivity contribution in [2.45, 2.75) is 72.9 Å². The van der Waals surface area contributed by atoms with Gasteiger partial charge in [-0.05, 0) is 69.1 Å². The van der Waals surface area contributed by atoms with Gasteiger partial charge >= 0.3 is 0 Å². The van der Waals surface area contributed by atoms with Gasteiger partial charge in [-0.1, -0.05) is 27.2 Å². The van der Waals surface area contributed by atoms with Crippen LogP contribution >= 0.6 is 22.7 Å². The second-order valence-corrected chi connectivity index (χ2v) is 13.1. The number of amides is 1. The van der Waals surface area contributed by atoms with Gasteiger partial charge in [0.15, 0.2) is 5.78 Å². The van der Waals surface area contributed by atoms with Crippen LogP contribution in [0.2, 0.25) is 0 Å². The third kappa shape index (κ3) is 5.40. The number of aromatic nitrogens is 1. The lowest BCUT2D eigenvalue weighted by molar-refractivity contribution is -0.123. The van der Waals surface area contributed by atoms with Gasteiger partial charge in [0.2, 0.25) is 5.91 Å². The summed E-state index contributed by atoms with van der Waals surface area (Å²) in [4.78, 5) is 41.1. The second kappa shape index (κ2) is 9.34. The van der Waals surface area contributed by atoms with E-state index in [9.17, 15) is 14.4 Å². The first-order chi connectivity index (χ1) is 15.5. The van der Waals surface area contributed by atoms with E-state index in [4.69, 9.17) is 0 Å². The smallest absolute Gasteiger partial charge is 0.269 e. The Hall–Kier alpha value is -1.99. The number of fused-ring (bicyclic) bond motifs is 2. The number of ketones is 1. The highest BCUT2D eigenvalue weighted by molar-refractivity contribution is 7.13. The van der Waals surface area contributed by atoms with Crippen molar-refractivity contribution in [1.29, 1.82) is 0 Å². The molecule has 178 valence electrons. The van der Waals surface area contributed by atoms with E-state index in [1.54, 1.807) is 11.3 Å². The molecule has 2 saturated carbocycles. The van der Waals surface area contributed by atoms with E-state index < -0.39 is 5.41 Å². The van der Waals surface area contributed by atoms with E-state index in [1.165, 1.54) is 52.5 Å². The van der Waals surface area contributed by atoms with Crippen LogP contribution in [-0.4, -0.2) is 22.3 Å². The molecule has 2 bridgehead atoms. The fraction of sp³-hybridized carbons (Fsp3) is 0.577. The van der Waals surface area contributed by atoms with Crippen LogP contribution < -0.4 is 20.1 Å². The summed E-state index contributed by atoms with van der Waals surface area (Å²) in [5.74, 6) is 1.85. The zero-order chi connectivity index (χ0) is 23.9. The second-order valence-electron chi connectivity index (χ2n) is 10.7. The van der Waals surface area contributed by atoms with E-state index in [0.717, 1.165) is 16.7 Å². The van der Waals surface area contributed by atoms with E-state index in [2.05, 4.69) is 12.2 Å². The molecular formula is C26H34N2O3S2. The molecule has 0 aromatic carbocycles. The Bertz CT molecular complexity index is 1230. The summed E-state index contributed by atoms with van der Waals surface area (Å²) in [5.41, 5.74) is -0.778. The van der Waals surface area contributed by atoms with Crippen LogP contribution in [0.1, 0.15) is 63.1 Å². The Morgan fingerprint density at radius 3 is 2.55 bits per heavy atom. The largest absolute Gasteiger partial charge is 0.352 e. The summed E-state index contributed by atoms with van der Waals surface area (Å²) in [7, 11) is 0. The van der Waals surface area contributed by atoms with Crippen LogP contribution in [0.3, 0.4) is 0 Å². The van der Waals surface area contributed by atoms with Crippen molar-refractivity contribution in [1.82, 2.24) is 9.88 Å². The number of Topliss-reactive ketones (excluding diaryl/α,β-unsaturated/α-hetero) is 1. The standard InChI is InChI=1S/C26H34N2O3S2/c1-15-6-9-19(32-15)12-21-25(31)28(24(33-21)13-22(29)26(3,4)5)14-23(30)27-16(2)20-11-17-7-8-18(20)10-17/h6,9,12-13,16-18,20H,7-8,10-11,14H2,1-5H3,(H,27,30)/b21-12-,24-13-. The number of hydrogen-bond acceptors (Lipinski definition) is 5. The van der Waals surface area contributed by atoms with Crippen molar-refractivity contribution in [2.75, 3.05) is 0 Å². The van der Waals surface area contributed by atoms with Gasteiger partial charge in [-0.15, -0.1) is 22.7 Å². The third-order valence-corrected chi connectivity index (χ3v) is 9.10. The zero-order valence-corrected chi connectivity index (χ0v) is 21.8. The maximum absolute atomic E-state index is 13.2. The monoisotopic (exact) mass is 486 g/mol. The molecule has 2 fully saturated rings. The number of carbonyl (C=O) groups excluding carboxylic acids is 2. The highest BCUT2D eigenvalue weighted by Crippen LogP contribution is 2.49. The molecule has 2 aromatic rings. The molecule has 2 aromatic heterocycles. The molecule has 5 nitrogen and oxygen atoms in total. The lowest BCUT2D eigenvalue weighted by Gasteiger charge is -2.28.